The number of nitro groups is 1. The monoisotopic (exact) mass is 412 g/mol. The minimum absolute atomic E-state index is 0.00955. The first kappa shape index (κ1) is 20.0. The molecule has 0 heterocycles. The number of amides is 1. The van der Waals surface area contributed by atoms with Gasteiger partial charge in [0, 0.05) is 17.3 Å². The lowest BCUT2D eigenvalue weighted by Crippen LogP contribution is -2.13. The molecule has 0 spiro atoms. The Kier molecular flexibility index (Phi) is 5.60. The Hall–Kier alpha value is -3.72. The van der Waals surface area contributed by atoms with Crippen LogP contribution in [0.4, 0.5) is 11.4 Å². The number of nitrogens with zero attached hydrogens (tertiary/aromatic N) is 1. The number of hydrogen-bond donors (Lipinski definition) is 1. The first-order valence-corrected chi connectivity index (χ1v) is 10.2. The Morgan fingerprint density at radius 1 is 0.966 bits per heavy atom. The predicted molar refractivity (Wildman–Crippen MR) is 108 cm³/mol. The molecule has 0 aliphatic heterocycles. The van der Waals surface area contributed by atoms with Crippen molar-refractivity contribution < 1.29 is 22.3 Å². The summed E-state index contributed by atoms with van der Waals surface area (Å²) in [7, 11) is -3.95. The van der Waals surface area contributed by atoms with E-state index in [-0.39, 0.29) is 5.56 Å². The number of anilines is 1. The van der Waals surface area contributed by atoms with Crippen LogP contribution in [0.3, 0.4) is 0 Å². The molecule has 0 saturated heterocycles. The lowest BCUT2D eigenvalue weighted by atomic mass is 10.1. The molecule has 3 aromatic carbocycles. The Bertz CT molecular complexity index is 1160. The van der Waals surface area contributed by atoms with Crippen molar-refractivity contribution in [1.82, 2.24) is 0 Å². The lowest BCUT2D eigenvalue weighted by molar-refractivity contribution is -0.385. The van der Waals surface area contributed by atoms with Gasteiger partial charge in [-0.2, -0.15) is 8.42 Å². The third-order valence-corrected chi connectivity index (χ3v) is 4.39. The van der Waals surface area contributed by atoms with Crippen molar-refractivity contribution in [2.75, 3.05) is 11.6 Å². The van der Waals surface area contributed by atoms with Gasteiger partial charge < -0.3 is 9.50 Å². The zero-order chi connectivity index (χ0) is 21.0. The fourth-order valence-corrected chi connectivity index (χ4v) is 3.08. The minimum atomic E-state index is -3.95. The predicted octanol–water partition coefficient (Wildman–Crippen LogP) is 3.85. The second kappa shape index (κ2) is 8.11. The highest BCUT2D eigenvalue weighted by Crippen LogP contribution is 2.29. The third-order valence-electron chi connectivity index (χ3n) is 3.91. The molecule has 0 aliphatic carbocycles. The van der Waals surface area contributed by atoms with E-state index in [9.17, 15) is 23.3 Å². The van der Waals surface area contributed by atoms with Crippen LogP contribution in [-0.2, 0) is 10.1 Å². The van der Waals surface area contributed by atoms with Gasteiger partial charge in [0.1, 0.15) is 0 Å². The molecular formula is C20H16N2O6S. The Morgan fingerprint density at radius 2 is 1.59 bits per heavy atom. The van der Waals surface area contributed by atoms with E-state index < -0.39 is 32.4 Å². The molecule has 0 aliphatic rings. The van der Waals surface area contributed by atoms with Crippen molar-refractivity contribution in [3.8, 4) is 16.9 Å². The topological polar surface area (TPSA) is 116 Å². The summed E-state index contributed by atoms with van der Waals surface area (Å²) in [6.45, 7) is 0. The van der Waals surface area contributed by atoms with Crippen LogP contribution in [0.15, 0.2) is 72.8 Å². The van der Waals surface area contributed by atoms with Crippen LogP contribution in [0.1, 0.15) is 10.4 Å². The van der Waals surface area contributed by atoms with Gasteiger partial charge in [0.05, 0.1) is 11.2 Å². The van der Waals surface area contributed by atoms with E-state index in [0.717, 1.165) is 29.5 Å². The average Bonchev–Trinajstić information content (AvgIpc) is 2.68. The van der Waals surface area contributed by atoms with Gasteiger partial charge in [0.15, 0.2) is 0 Å². The molecule has 0 saturated carbocycles. The molecule has 8 nitrogen and oxygen atoms in total. The molecule has 9 heteroatoms. The average molecular weight is 412 g/mol. The van der Waals surface area contributed by atoms with E-state index in [1.54, 1.807) is 12.1 Å². The third kappa shape index (κ3) is 5.17. The van der Waals surface area contributed by atoms with Crippen LogP contribution in [-0.4, -0.2) is 25.5 Å². The van der Waals surface area contributed by atoms with E-state index in [4.69, 9.17) is 0 Å². The maximum Gasteiger partial charge on any atom is 0.313 e. The van der Waals surface area contributed by atoms with Crippen molar-refractivity contribution in [3.05, 3.63) is 88.5 Å². The Labute approximate surface area is 167 Å². The van der Waals surface area contributed by atoms with Gasteiger partial charge in [0.25, 0.3) is 5.91 Å². The SMILES string of the molecule is CS(=O)(=O)Oc1ccc(C(=O)Nc2ccc(-c3ccccc3)cc2)cc1[N+](=O)[O-]. The van der Waals surface area contributed by atoms with Crippen molar-refractivity contribution in [2.45, 2.75) is 0 Å². The maximum absolute atomic E-state index is 12.4. The summed E-state index contributed by atoms with van der Waals surface area (Å²) in [6.07, 6.45) is 0.774. The number of carbonyl (C=O) groups excluding carboxylic acids is 1. The number of carbonyl (C=O) groups is 1. The highest BCUT2D eigenvalue weighted by molar-refractivity contribution is 7.86. The van der Waals surface area contributed by atoms with Crippen LogP contribution in [0, 0.1) is 10.1 Å². The van der Waals surface area contributed by atoms with Crippen molar-refractivity contribution in [3.63, 3.8) is 0 Å². The van der Waals surface area contributed by atoms with E-state index >= 15 is 0 Å². The van der Waals surface area contributed by atoms with Gasteiger partial charge in [-0.1, -0.05) is 42.5 Å². The highest BCUT2D eigenvalue weighted by atomic mass is 32.2. The van der Waals surface area contributed by atoms with E-state index in [0.29, 0.717) is 5.69 Å². The quantitative estimate of drug-likeness (QED) is 0.373. The molecule has 29 heavy (non-hydrogen) atoms. The molecule has 3 aromatic rings. The number of nitrogens with one attached hydrogen (secondary N) is 1. The van der Waals surface area contributed by atoms with Crippen LogP contribution < -0.4 is 9.50 Å². The number of rotatable bonds is 6. The summed E-state index contributed by atoms with van der Waals surface area (Å²) in [5.74, 6) is -1.03. The molecule has 1 amide bonds. The minimum Gasteiger partial charge on any atom is -0.375 e. The molecule has 0 aromatic heterocycles. The van der Waals surface area contributed by atoms with E-state index in [1.165, 1.54) is 6.07 Å². The Morgan fingerprint density at radius 3 is 2.17 bits per heavy atom. The largest absolute Gasteiger partial charge is 0.375 e. The molecule has 0 atom stereocenters. The molecular weight excluding hydrogens is 396 g/mol. The molecule has 0 bridgehead atoms. The summed E-state index contributed by atoms with van der Waals surface area (Å²) in [6, 6.07) is 20.1. The number of nitro benzene ring substituents is 1. The van der Waals surface area contributed by atoms with E-state index in [2.05, 4.69) is 9.50 Å². The maximum atomic E-state index is 12.4. The van der Waals surface area contributed by atoms with Gasteiger partial charge in [-0.15, -0.1) is 0 Å². The van der Waals surface area contributed by atoms with Gasteiger partial charge in [-0.3, -0.25) is 14.9 Å². The summed E-state index contributed by atoms with van der Waals surface area (Å²) < 4.78 is 27.1. The molecule has 1 N–H and O–H groups in total. The summed E-state index contributed by atoms with van der Waals surface area (Å²) in [5.41, 5.74) is 1.88. The lowest BCUT2D eigenvalue weighted by Gasteiger charge is -2.08. The molecule has 0 fully saturated rings. The standard InChI is InChI=1S/C20H16N2O6S/c1-29(26,27)28-19-12-9-16(13-18(19)22(24)25)20(23)21-17-10-7-15(8-11-17)14-5-3-2-4-6-14/h2-13H,1H3,(H,21,23). The second-order valence-electron chi connectivity index (χ2n) is 6.12. The highest BCUT2D eigenvalue weighted by Gasteiger charge is 2.21. The van der Waals surface area contributed by atoms with Crippen LogP contribution in [0.5, 0.6) is 5.75 Å². The molecule has 148 valence electrons. The number of benzene rings is 3. The van der Waals surface area contributed by atoms with Gasteiger partial charge >= 0.3 is 15.8 Å². The summed E-state index contributed by atoms with van der Waals surface area (Å²) in [5, 5.41) is 13.9. The first-order valence-electron chi connectivity index (χ1n) is 8.38. The molecule has 0 unspecified atom stereocenters. The smallest absolute Gasteiger partial charge is 0.313 e. The zero-order valence-electron chi connectivity index (χ0n) is 15.2. The van der Waals surface area contributed by atoms with Gasteiger partial charge in [-0.25, -0.2) is 0 Å². The van der Waals surface area contributed by atoms with Crippen molar-refractivity contribution in [2.24, 2.45) is 0 Å². The number of hydrogen-bond acceptors (Lipinski definition) is 6. The van der Waals surface area contributed by atoms with Crippen LogP contribution in [0.2, 0.25) is 0 Å². The first-order chi connectivity index (χ1) is 13.7. The van der Waals surface area contributed by atoms with Crippen LogP contribution >= 0.6 is 0 Å². The summed E-state index contributed by atoms with van der Waals surface area (Å²) >= 11 is 0. The summed E-state index contributed by atoms with van der Waals surface area (Å²) in [4.78, 5) is 22.8. The van der Waals surface area contributed by atoms with Gasteiger partial charge in [-0.05, 0) is 35.4 Å². The normalized spacial score (nSPS) is 10.9. The molecule has 0 radical (unpaired) electrons. The van der Waals surface area contributed by atoms with Crippen molar-refractivity contribution in [1.29, 1.82) is 0 Å². The fraction of sp³-hybridized carbons (Fsp3) is 0.0500. The Balaban J connectivity index is 1.80. The van der Waals surface area contributed by atoms with Crippen LogP contribution in [0.25, 0.3) is 11.1 Å². The molecule has 3 rings (SSSR count). The fourth-order valence-electron chi connectivity index (χ4n) is 2.61. The van der Waals surface area contributed by atoms with E-state index in [1.807, 2.05) is 42.5 Å². The van der Waals surface area contributed by atoms with Gasteiger partial charge in [0.2, 0.25) is 5.75 Å². The second-order valence-corrected chi connectivity index (χ2v) is 7.70. The van der Waals surface area contributed by atoms with Crippen molar-refractivity contribution >= 4 is 27.4 Å². The zero-order valence-corrected chi connectivity index (χ0v) is 16.0.